The van der Waals surface area contributed by atoms with Crippen molar-refractivity contribution in [3.05, 3.63) is 12.2 Å². The molecule has 1 aliphatic rings. The van der Waals surface area contributed by atoms with Crippen LogP contribution in [0.15, 0.2) is 12.2 Å². The van der Waals surface area contributed by atoms with Gasteiger partial charge in [-0.2, -0.15) is 0 Å². The predicted octanol–water partition coefficient (Wildman–Crippen LogP) is 1.17. The normalized spacial score (nSPS) is 13.2. The van der Waals surface area contributed by atoms with E-state index in [-0.39, 0.29) is 5.97 Å². The topological polar surface area (TPSA) is 26.3 Å². The van der Waals surface area contributed by atoms with Gasteiger partial charge in [0.2, 0.25) is 0 Å². The fourth-order valence-electron chi connectivity index (χ4n) is 0.763. The molecule has 0 aromatic carbocycles. The molecule has 2 nitrogen and oxygen atoms in total. The van der Waals surface area contributed by atoms with Crippen LogP contribution in [0.4, 0.5) is 0 Å². The minimum atomic E-state index is -0.347. The summed E-state index contributed by atoms with van der Waals surface area (Å²) in [6, 6.07) is 1.53. The molecule has 0 fully saturated rings. The van der Waals surface area contributed by atoms with Crippen molar-refractivity contribution in [3.63, 3.8) is 0 Å². The summed E-state index contributed by atoms with van der Waals surface area (Å²) in [5, 5.41) is 0. The van der Waals surface area contributed by atoms with Crippen LogP contribution in [0.25, 0.3) is 0 Å². The molecule has 0 aliphatic carbocycles. The number of rotatable bonds is 1. The largest absolute Gasteiger partial charge is 0.466 e. The smallest absolute Gasteiger partial charge is 0.332 e. The van der Waals surface area contributed by atoms with Crippen LogP contribution in [0.2, 0.25) is 6.04 Å². The van der Waals surface area contributed by atoms with Crippen molar-refractivity contribution in [3.8, 4) is 0 Å². The Morgan fingerprint density at radius 3 is 2.42 bits per heavy atom. The quantitative estimate of drug-likeness (QED) is 0.347. The SMILES string of the molecule is C1=[SiH]CCC1.C=C(C)C(=O)OC. The van der Waals surface area contributed by atoms with Crippen molar-refractivity contribution >= 4 is 20.8 Å². The number of hydrogen-bond acceptors (Lipinski definition) is 2. The Balaban J connectivity index is 0.000000211. The van der Waals surface area contributed by atoms with Gasteiger partial charge >= 0.3 is 5.97 Å². The minimum absolute atomic E-state index is 0.347. The van der Waals surface area contributed by atoms with Crippen LogP contribution in [0.1, 0.15) is 19.8 Å². The van der Waals surface area contributed by atoms with Crippen molar-refractivity contribution in [2.24, 2.45) is 0 Å². The molecule has 0 saturated carbocycles. The van der Waals surface area contributed by atoms with Gasteiger partial charge in [-0.15, -0.1) is 5.67 Å². The average molecular weight is 184 g/mol. The highest BCUT2D eigenvalue weighted by molar-refractivity contribution is 6.48. The van der Waals surface area contributed by atoms with Gasteiger partial charge in [0.25, 0.3) is 0 Å². The van der Waals surface area contributed by atoms with E-state index in [4.69, 9.17) is 0 Å². The van der Waals surface area contributed by atoms with Crippen molar-refractivity contribution in [2.75, 3.05) is 7.11 Å². The van der Waals surface area contributed by atoms with Crippen LogP contribution in [-0.4, -0.2) is 27.9 Å². The van der Waals surface area contributed by atoms with E-state index in [0.29, 0.717) is 5.57 Å². The Bertz CT molecular complexity index is 179. The van der Waals surface area contributed by atoms with Crippen molar-refractivity contribution in [1.82, 2.24) is 0 Å². The van der Waals surface area contributed by atoms with Crippen LogP contribution < -0.4 is 0 Å². The monoisotopic (exact) mass is 184 g/mol. The second-order valence-electron chi connectivity index (χ2n) is 2.67. The van der Waals surface area contributed by atoms with Gasteiger partial charge in [0.1, 0.15) is 0 Å². The van der Waals surface area contributed by atoms with E-state index in [2.05, 4.69) is 17.0 Å². The molecule has 0 amide bonds. The third kappa shape index (κ3) is 6.04. The Morgan fingerprint density at radius 1 is 1.67 bits per heavy atom. The summed E-state index contributed by atoms with van der Waals surface area (Å²) >= 11 is 0. The average Bonchev–Trinajstić information content (AvgIpc) is 2.59. The Morgan fingerprint density at radius 2 is 2.33 bits per heavy atom. The molecular formula is C9H16O2Si. The fourth-order valence-corrected chi connectivity index (χ4v) is 1.94. The van der Waals surface area contributed by atoms with Crippen LogP contribution in [0, 0.1) is 0 Å². The molecule has 0 aromatic heterocycles. The maximum absolute atomic E-state index is 10.2. The minimum Gasteiger partial charge on any atom is -0.466 e. The maximum atomic E-state index is 10.2. The van der Waals surface area contributed by atoms with Gasteiger partial charge in [0.15, 0.2) is 0 Å². The van der Waals surface area contributed by atoms with Gasteiger partial charge in [-0.25, -0.2) is 4.79 Å². The molecule has 0 saturated heterocycles. The highest BCUT2D eigenvalue weighted by atomic mass is 28.2. The molecule has 1 aliphatic heterocycles. The van der Waals surface area contributed by atoms with Gasteiger partial charge in [-0.1, -0.05) is 6.58 Å². The standard InChI is InChI=1S/C5H8O2.C4H8Si/c1-4(2)5(6)7-3;1-2-4-5-3-1/h1H2,2-3H3;3,5H,1-2,4H2. The summed E-state index contributed by atoms with van der Waals surface area (Å²) in [7, 11) is 2.13. The number of methoxy groups -OCH3 is 1. The van der Waals surface area contributed by atoms with Crippen LogP contribution >= 0.6 is 0 Å². The maximum Gasteiger partial charge on any atom is 0.332 e. The molecule has 0 aromatic rings. The molecule has 12 heavy (non-hydrogen) atoms. The Kier molecular flexibility index (Phi) is 6.57. The number of carbonyl (C=O) groups excluding carboxylic acids is 1. The lowest BCUT2D eigenvalue weighted by Gasteiger charge is -1.91. The molecule has 68 valence electrons. The molecule has 0 bridgehead atoms. The van der Waals surface area contributed by atoms with Crippen molar-refractivity contribution in [1.29, 1.82) is 0 Å². The molecule has 0 unspecified atom stereocenters. The predicted molar refractivity (Wildman–Crippen MR) is 54.1 cm³/mol. The first-order valence-corrected chi connectivity index (χ1v) is 5.55. The van der Waals surface area contributed by atoms with Gasteiger partial charge in [-0.3, -0.25) is 0 Å². The summed E-state index contributed by atoms with van der Waals surface area (Å²) in [5.74, 6) is -0.347. The summed E-state index contributed by atoms with van der Waals surface area (Å²) in [6.07, 6.45) is 2.89. The molecule has 3 heteroatoms. The third-order valence-corrected chi connectivity index (χ3v) is 2.85. The second kappa shape index (κ2) is 6.97. The summed E-state index contributed by atoms with van der Waals surface area (Å²) in [4.78, 5) is 10.2. The lowest BCUT2D eigenvalue weighted by molar-refractivity contribution is -0.136. The van der Waals surface area contributed by atoms with E-state index >= 15 is 0 Å². The number of carbonyl (C=O) groups is 1. The zero-order valence-corrected chi connectivity index (χ0v) is 8.95. The first kappa shape index (κ1) is 11.3. The number of hydrogen-bond donors (Lipinski definition) is 0. The lowest BCUT2D eigenvalue weighted by atomic mass is 10.4. The van der Waals surface area contributed by atoms with Gasteiger partial charge in [0, 0.05) is 5.57 Å². The third-order valence-electron chi connectivity index (χ3n) is 1.44. The van der Waals surface area contributed by atoms with E-state index in [0.717, 1.165) is 9.13 Å². The molecule has 1 rings (SSSR count). The molecule has 0 N–H and O–H groups in total. The lowest BCUT2D eigenvalue weighted by Crippen LogP contribution is -1.98. The van der Waals surface area contributed by atoms with E-state index in [1.54, 1.807) is 6.92 Å². The van der Waals surface area contributed by atoms with Crippen LogP contribution in [0.5, 0.6) is 0 Å². The number of ether oxygens (including phenoxy) is 1. The fraction of sp³-hybridized carbons (Fsp3) is 0.556. The first-order valence-electron chi connectivity index (χ1n) is 4.07. The second-order valence-corrected chi connectivity index (χ2v) is 4.19. The van der Waals surface area contributed by atoms with Crippen molar-refractivity contribution < 1.29 is 9.53 Å². The molecule has 0 spiro atoms. The molecule has 0 atom stereocenters. The molecular weight excluding hydrogens is 168 g/mol. The van der Waals surface area contributed by atoms with Gasteiger partial charge in [-0.05, 0) is 34.9 Å². The zero-order valence-electron chi connectivity index (χ0n) is 7.80. The van der Waals surface area contributed by atoms with Crippen LogP contribution in [-0.2, 0) is 9.53 Å². The highest BCUT2D eigenvalue weighted by Gasteiger charge is 1.95. The zero-order chi connectivity index (χ0) is 9.40. The van der Waals surface area contributed by atoms with E-state index < -0.39 is 0 Å². The van der Waals surface area contributed by atoms with Crippen molar-refractivity contribution in [2.45, 2.75) is 25.8 Å². The summed E-state index contributed by atoms with van der Waals surface area (Å²) < 4.78 is 4.27. The summed E-state index contributed by atoms with van der Waals surface area (Å²) in [5.41, 5.74) is 2.88. The van der Waals surface area contributed by atoms with E-state index in [1.165, 1.54) is 26.0 Å². The van der Waals surface area contributed by atoms with E-state index in [9.17, 15) is 4.79 Å². The molecule has 1 heterocycles. The molecule has 0 radical (unpaired) electrons. The van der Waals surface area contributed by atoms with Gasteiger partial charge in [0.05, 0.1) is 7.11 Å². The highest BCUT2D eigenvalue weighted by Crippen LogP contribution is 1.94. The van der Waals surface area contributed by atoms with Crippen LogP contribution in [0.3, 0.4) is 0 Å². The first-order chi connectivity index (χ1) is 5.68. The summed E-state index contributed by atoms with van der Waals surface area (Å²) in [6.45, 7) is 4.95. The van der Waals surface area contributed by atoms with E-state index in [1.807, 2.05) is 0 Å². The van der Waals surface area contributed by atoms with Gasteiger partial charge < -0.3 is 4.74 Å². The Labute approximate surface area is 76.1 Å². The number of esters is 1. The Hall–Kier alpha value is -0.703.